The molecular formula is C33H55N9O7. The molecule has 0 radical (unpaired) electrons. The molecule has 16 heteroatoms. The molecule has 1 saturated heterocycles. The zero-order valence-electron chi connectivity index (χ0n) is 28.8. The topological polar surface area (TPSA) is 231 Å². The van der Waals surface area contributed by atoms with Crippen molar-refractivity contribution < 1.29 is 33.4 Å². The number of benzene rings is 1. The summed E-state index contributed by atoms with van der Waals surface area (Å²) in [6.07, 6.45) is 7.38. The SMILES string of the molecule is C[C@@H]1NC(=O)N[C@@H]1CCCCCC(=O)NCCCOCCOCCOCCCNC(=O)[C@H](CCCCN)NC(=O)c1cccc(N=[N+]=[N-])c1. The Hall–Kier alpha value is -3.95. The number of ether oxygens (including phenoxy) is 3. The first kappa shape index (κ1) is 41.2. The predicted molar refractivity (Wildman–Crippen MR) is 185 cm³/mol. The summed E-state index contributed by atoms with van der Waals surface area (Å²) in [5, 5.41) is 17.8. The minimum absolute atomic E-state index is 0.0497. The van der Waals surface area contributed by atoms with Crippen molar-refractivity contribution in [3.8, 4) is 0 Å². The number of nitrogens with two attached hydrogens (primary N) is 1. The third-order valence-corrected chi connectivity index (χ3v) is 7.83. The van der Waals surface area contributed by atoms with Gasteiger partial charge in [0.1, 0.15) is 6.04 Å². The van der Waals surface area contributed by atoms with E-state index in [1.807, 2.05) is 6.92 Å². The number of azide groups is 1. The number of hydrogen-bond donors (Lipinski definition) is 6. The van der Waals surface area contributed by atoms with Crippen molar-refractivity contribution in [2.45, 2.75) is 89.3 Å². The number of urea groups is 1. The van der Waals surface area contributed by atoms with Gasteiger partial charge in [-0.25, -0.2) is 4.79 Å². The van der Waals surface area contributed by atoms with Crippen LogP contribution in [-0.4, -0.2) is 101 Å². The van der Waals surface area contributed by atoms with E-state index in [9.17, 15) is 19.2 Å². The van der Waals surface area contributed by atoms with E-state index in [1.165, 1.54) is 6.07 Å². The molecule has 1 heterocycles. The first-order valence-electron chi connectivity index (χ1n) is 17.3. The number of carbonyl (C=O) groups is 4. The monoisotopic (exact) mass is 689 g/mol. The molecule has 0 unspecified atom stereocenters. The normalized spacial score (nSPS) is 15.8. The van der Waals surface area contributed by atoms with Gasteiger partial charge in [0.15, 0.2) is 0 Å². The van der Waals surface area contributed by atoms with Crippen molar-refractivity contribution >= 4 is 29.4 Å². The first-order chi connectivity index (χ1) is 23.8. The molecule has 1 fully saturated rings. The van der Waals surface area contributed by atoms with Gasteiger partial charge in [-0.2, -0.15) is 0 Å². The predicted octanol–water partition coefficient (Wildman–Crippen LogP) is 2.94. The van der Waals surface area contributed by atoms with Gasteiger partial charge in [0.05, 0.1) is 32.5 Å². The molecule has 0 saturated carbocycles. The van der Waals surface area contributed by atoms with Crippen LogP contribution in [-0.2, 0) is 23.8 Å². The average Bonchev–Trinajstić information content (AvgIpc) is 3.41. The van der Waals surface area contributed by atoms with Gasteiger partial charge in [0, 0.05) is 54.9 Å². The minimum atomic E-state index is -0.722. The van der Waals surface area contributed by atoms with Gasteiger partial charge in [-0.3, -0.25) is 14.4 Å². The molecule has 1 aliphatic rings. The second kappa shape index (κ2) is 26.0. The van der Waals surface area contributed by atoms with Crippen LogP contribution in [0.15, 0.2) is 29.4 Å². The van der Waals surface area contributed by atoms with Crippen molar-refractivity contribution in [1.29, 1.82) is 0 Å². The fourth-order valence-corrected chi connectivity index (χ4v) is 5.10. The molecule has 16 nitrogen and oxygen atoms in total. The van der Waals surface area contributed by atoms with Crippen LogP contribution in [0.1, 0.15) is 81.5 Å². The van der Waals surface area contributed by atoms with Gasteiger partial charge in [-0.15, -0.1) is 0 Å². The van der Waals surface area contributed by atoms with E-state index < -0.39 is 11.9 Å². The molecule has 0 aromatic heterocycles. The molecule has 1 aromatic carbocycles. The Morgan fingerprint density at radius 3 is 2.27 bits per heavy atom. The summed E-state index contributed by atoms with van der Waals surface area (Å²) in [7, 11) is 0. The van der Waals surface area contributed by atoms with Crippen LogP contribution < -0.4 is 32.3 Å². The summed E-state index contributed by atoms with van der Waals surface area (Å²) in [6.45, 7) is 6.17. The molecule has 0 spiro atoms. The molecule has 1 aromatic rings. The molecule has 3 atom stereocenters. The fourth-order valence-electron chi connectivity index (χ4n) is 5.10. The van der Waals surface area contributed by atoms with Crippen molar-refractivity contribution in [3.05, 3.63) is 40.3 Å². The van der Waals surface area contributed by atoms with E-state index in [4.69, 9.17) is 25.5 Å². The van der Waals surface area contributed by atoms with Crippen molar-refractivity contribution in [1.82, 2.24) is 26.6 Å². The molecule has 274 valence electrons. The Labute approximate surface area is 288 Å². The molecule has 1 aliphatic heterocycles. The second-order valence-corrected chi connectivity index (χ2v) is 11.8. The maximum Gasteiger partial charge on any atom is 0.315 e. The van der Waals surface area contributed by atoms with E-state index >= 15 is 0 Å². The van der Waals surface area contributed by atoms with Gasteiger partial charge < -0.3 is 46.5 Å². The molecule has 2 rings (SSSR count). The van der Waals surface area contributed by atoms with Gasteiger partial charge in [0.25, 0.3) is 5.91 Å². The van der Waals surface area contributed by atoms with Gasteiger partial charge in [0.2, 0.25) is 11.8 Å². The number of nitrogens with one attached hydrogen (secondary N) is 5. The Kier molecular flexibility index (Phi) is 21.9. The molecule has 49 heavy (non-hydrogen) atoms. The van der Waals surface area contributed by atoms with E-state index in [0.717, 1.165) is 38.5 Å². The summed E-state index contributed by atoms with van der Waals surface area (Å²) in [5.74, 6) is -0.663. The average molecular weight is 690 g/mol. The highest BCUT2D eigenvalue weighted by Crippen LogP contribution is 2.15. The minimum Gasteiger partial charge on any atom is -0.379 e. The summed E-state index contributed by atoms with van der Waals surface area (Å²) in [5.41, 5.74) is 14.8. The highest BCUT2D eigenvalue weighted by atomic mass is 16.5. The lowest BCUT2D eigenvalue weighted by molar-refractivity contribution is -0.123. The van der Waals surface area contributed by atoms with Gasteiger partial charge >= 0.3 is 6.03 Å². The van der Waals surface area contributed by atoms with Crippen molar-refractivity contribution in [2.75, 3.05) is 59.3 Å². The Balaban J connectivity index is 1.41. The number of hydrogen-bond acceptors (Lipinski definition) is 9. The maximum atomic E-state index is 12.8. The second-order valence-electron chi connectivity index (χ2n) is 11.8. The molecular weight excluding hydrogens is 634 g/mol. The lowest BCUT2D eigenvalue weighted by atomic mass is 10.0. The van der Waals surface area contributed by atoms with E-state index in [2.05, 4.69) is 36.6 Å². The highest BCUT2D eigenvalue weighted by Gasteiger charge is 2.27. The number of carbonyl (C=O) groups excluding carboxylic acids is 4. The molecule has 0 bridgehead atoms. The Morgan fingerprint density at radius 2 is 1.61 bits per heavy atom. The Bertz CT molecular complexity index is 1180. The summed E-state index contributed by atoms with van der Waals surface area (Å²) < 4.78 is 16.6. The first-order valence-corrected chi connectivity index (χ1v) is 17.3. The summed E-state index contributed by atoms with van der Waals surface area (Å²) >= 11 is 0. The van der Waals surface area contributed by atoms with E-state index in [1.54, 1.807) is 18.2 Å². The van der Waals surface area contributed by atoms with Crippen LogP contribution >= 0.6 is 0 Å². The Morgan fingerprint density at radius 1 is 0.918 bits per heavy atom. The van der Waals surface area contributed by atoms with Crippen molar-refractivity contribution in [3.63, 3.8) is 0 Å². The van der Waals surface area contributed by atoms with Crippen molar-refractivity contribution in [2.24, 2.45) is 10.8 Å². The largest absolute Gasteiger partial charge is 0.379 e. The lowest BCUT2D eigenvalue weighted by Gasteiger charge is -2.18. The van der Waals surface area contributed by atoms with Gasteiger partial charge in [-0.1, -0.05) is 30.1 Å². The molecule has 7 N–H and O–H groups in total. The van der Waals surface area contributed by atoms with E-state index in [-0.39, 0.29) is 29.9 Å². The van der Waals surface area contributed by atoms with Crippen LogP contribution in [0.5, 0.6) is 0 Å². The third-order valence-electron chi connectivity index (χ3n) is 7.83. The van der Waals surface area contributed by atoms with Crippen LogP contribution in [0.3, 0.4) is 0 Å². The molecule has 0 aliphatic carbocycles. The fraction of sp³-hybridized carbons (Fsp3) is 0.697. The maximum absolute atomic E-state index is 12.8. The van der Waals surface area contributed by atoms with Crippen LogP contribution in [0.25, 0.3) is 10.4 Å². The highest BCUT2D eigenvalue weighted by molar-refractivity contribution is 5.98. The zero-order chi connectivity index (χ0) is 35.5. The number of nitrogens with zero attached hydrogens (tertiary/aromatic N) is 3. The van der Waals surface area contributed by atoms with Crippen LogP contribution in [0.4, 0.5) is 10.5 Å². The van der Waals surface area contributed by atoms with Gasteiger partial charge in [-0.05, 0) is 76.1 Å². The quantitative estimate of drug-likeness (QED) is 0.0331. The number of rotatable bonds is 28. The van der Waals surface area contributed by atoms with E-state index in [0.29, 0.717) is 96.2 Å². The third kappa shape index (κ3) is 19.0. The summed E-state index contributed by atoms with van der Waals surface area (Å²) in [6, 6.07) is 5.75. The lowest BCUT2D eigenvalue weighted by Crippen LogP contribution is -2.47. The van der Waals surface area contributed by atoms with Crippen LogP contribution in [0.2, 0.25) is 0 Å². The smallest absolute Gasteiger partial charge is 0.315 e. The number of amides is 5. The number of unbranched alkanes of at least 4 members (excludes halogenated alkanes) is 3. The zero-order valence-corrected chi connectivity index (χ0v) is 28.8. The standard InChI is InChI=1S/C33H55N9O7/c1-25-28(40-33(46)38-25)12-3-2-4-14-30(43)36-16-8-18-47-20-22-49-23-21-48-19-9-17-37-32(45)29(13-5-6-15-34)39-31(44)26-10-7-11-27(24-26)41-42-35/h7,10-11,24-25,28-29H,2-6,8-9,12-23,34H2,1H3,(H,36,43)(H,37,45)(H,39,44)(H2,38,40,46)/t25-,28+,29-/m0/s1. The molecule has 5 amide bonds. The van der Waals surface area contributed by atoms with Crippen LogP contribution in [0, 0.1) is 0 Å². The summed E-state index contributed by atoms with van der Waals surface area (Å²) in [4.78, 5) is 51.6.